The molecule has 2 N–H and O–H groups in total. The number of benzene rings is 2. The average molecular weight is 480 g/mol. The molecule has 0 fully saturated rings. The van der Waals surface area contributed by atoms with Gasteiger partial charge in [0.2, 0.25) is 28.9 Å². The Balaban J connectivity index is 3.29. The van der Waals surface area contributed by atoms with Crippen molar-refractivity contribution in [3.05, 3.63) is 57.7 Å². The summed E-state index contributed by atoms with van der Waals surface area (Å²) in [4.78, 5) is 0. The minimum absolute atomic E-state index is 3.07. The molecule has 0 saturated carbocycles. The van der Waals surface area contributed by atoms with Gasteiger partial charge in [0, 0.05) is 0 Å². The topological polar surface area (TPSA) is 40.5 Å². The zero-order valence-corrected chi connectivity index (χ0v) is 13.7. The van der Waals surface area contributed by atoms with Crippen molar-refractivity contribution in [3.8, 4) is 11.5 Å². The first-order valence-electron chi connectivity index (χ1n) is 7.09. The van der Waals surface area contributed by atoms with Crippen LogP contribution in [0.3, 0.4) is 0 Å². The van der Waals surface area contributed by atoms with Gasteiger partial charge in [-0.25, -0.2) is 30.7 Å². The van der Waals surface area contributed by atoms with Gasteiger partial charge in [0.15, 0.2) is 34.8 Å². The molecule has 0 bridgehead atoms. The maximum absolute atomic E-state index is 15.4. The third kappa shape index (κ3) is 3.02. The zero-order chi connectivity index (χ0) is 24.4. The summed E-state index contributed by atoms with van der Waals surface area (Å²) in [7, 11) is 0. The van der Waals surface area contributed by atoms with Gasteiger partial charge in [0.25, 0.3) is 0 Å². The molecular weight excluding hydrogens is 478 g/mol. The van der Waals surface area contributed by atoms with Crippen LogP contribution in [-0.4, -0.2) is 22.3 Å². The van der Waals surface area contributed by atoms with Gasteiger partial charge in [0.1, 0.15) is 0 Å². The molecule has 0 unspecified atom stereocenters. The van der Waals surface area contributed by atoms with Gasteiger partial charge in [-0.3, -0.25) is 0 Å². The second-order valence-electron chi connectivity index (χ2n) is 5.69. The SMILES string of the molecule is Oc1c(F)c(F)c(F)c(F)c1C(F)(c1c(O)c(F)c(F)c(F)c1F)C(F)(F)C(F)(F)F. The molecule has 0 radical (unpaired) electrons. The van der Waals surface area contributed by atoms with Crippen molar-refractivity contribution in [2.75, 3.05) is 0 Å². The van der Waals surface area contributed by atoms with Crippen molar-refractivity contribution < 1.29 is 71.7 Å². The normalized spacial score (nSPS) is 13.1. The highest BCUT2D eigenvalue weighted by atomic mass is 19.4. The maximum Gasteiger partial charge on any atom is 0.457 e. The summed E-state index contributed by atoms with van der Waals surface area (Å²) in [5.74, 6) is -39.9. The number of halogens is 14. The van der Waals surface area contributed by atoms with E-state index in [1.54, 1.807) is 0 Å². The summed E-state index contributed by atoms with van der Waals surface area (Å²) in [5, 5.41) is 18.5. The summed E-state index contributed by atoms with van der Waals surface area (Å²) < 4.78 is 190. The van der Waals surface area contributed by atoms with Crippen molar-refractivity contribution in [3.63, 3.8) is 0 Å². The third-order valence-corrected chi connectivity index (χ3v) is 3.96. The molecule has 31 heavy (non-hydrogen) atoms. The van der Waals surface area contributed by atoms with E-state index in [0.29, 0.717) is 0 Å². The molecule has 2 nitrogen and oxygen atoms in total. The molecule has 0 aromatic heterocycles. The molecule has 0 atom stereocenters. The smallest absolute Gasteiger partial charge is 0.457 e. The number of hydrogen-bond acceptors (Lipinski definition) is 2. The summed E-state index contributed by atoms with van der Waals surface area (Å²) in [6, 6.07) is 0. The number of aromatic hydroxyl groups is 2. The van der Waals surface area contributed by atoms with Crippen LogP contribution in [0.15, 0.2) is 0 Å². The van der Waals surface area contributed by atoms with Crippen LogP contribution < -0.4 is 0 Å². The highest BCUT2D eigenvalue weighted by Crippen LogP contribution is 2.59. The summed E-state index contributed by atoms with van der Waals surface area (Å²) in [6.07, 6.45) is -7.32. The highest BCUT2D eigenvalue weighted by molar-refractivity contribution is 5.54. The van der Waals surface area contributed by atoms with Crippen LogP contribution in [0.1, 0.15) is 11.1 Å². The fourth-order valence-electron chi connectivity index (χ4n) is 2.50. The zero-order valence-electron chi connectivity index (χ0n) is 13.7. The molecule has 2 aromatic rings. The largest absolute Gasteiger partial charge is 0.504 e. The van der Waals surface area contributed by atoms with Crippen molar-refractivity contribution in [1.82, 2.24) is 0 Å². The average Bonchev–Trinajstić information content (AvgIpc) is 2.67. The Morgan fingerprint density at radius 1 is 0.419 bits per heavy atom. The Hall–Kier alpha value is -2.94. The first kappa shape index (κ1) is 24.3. The Kier molecular flexibility index (Phi) is 5.53. The first-order valence-corrected chi connectivity index (χ1v) is 7.09. The van der Waals surface area contributed by atoms with Crippen molar-refractivity contribution in [1.29, 1.82) is 0 Å². The Morgan fingerprint density at radius 2 is 0.677 bits per heavy atom. The van der Waals surface area contributed by atoms with Crippen molar-refractivity contribution >= 4 is 0 Å². The molecule has 0 aliphatic heterocycles. The number of phenols is 2. The van der Waals surface area contributed by atoms with Gasteiger partial charge >= 0.3 is 12.1 Å². The quantitative estimate of drug-likeness (QED) is 0.340. The summed E-state index contributed by atoms with van der Waals surface area (Å²) >= 11 is 0. The number of rotatable bonds is 3. The van der Waals surface area contributed by atoms with E-state index in [4.69, 9.17) is 0 Å². The van der Waals surface area contributed by atoms with Gasteiger partial charge in [-0.1, -0.05) is 0 Å². The van der Waals surface area contributed by atoms with Crippen molar-refractivity contribution in [2.24, 2.45) is 0 Å². The van der Waals surface area contributed by atoms with Crippen LogP contribution >= 0.6 is 0 Å². The van der Waals surface area contributed by atoms with Crippen LogP contribution in [0.2, 0.25) is 0 Å². The maximum atomic E-state index is 15.4. The molecule has 0 heterocycles. The number of alkyl halides is 6. The van der Waals surface area contributed by atoms with E-state index in [2.05, 4.69) is 0 Å². The number of phenolic OH excluding ortho intramolecular Hbond substituents is 2. The fourth-order valence-corrected chi connectivity index (χ4v) is 2.50. The monoisotopic (exact) mass is 480 g/mol. The van der Waals surface area contributed by atoms with Gasteiger partial charge in [-0.05, 0) is 0 Å². The second kappa shape index (κ2) is 7.05. The Morgan fingerprint density at radius 3 is 0.935 bits per heavy atom. The van der Waals surface area contributed by atoms with Crippen LogP contribution in [0.4, 0.5) is 61.5 Å². The Labute approximate surface area is 159 Å². The van der Waals surface area contributed by atoms with E-state index in [1.165, 1.54) is 0 Å². The minimum Gasteiger partial charge on any atom is -0.504 e. The molecule has 0 aliphatic carbocycles. The van der Waals surface area contributed by atoms with Crippen molar-refractivity contribution in [2.45, 2.75) is 17.8 Å². The van der Waals surface area contributed by atoms with E-state index in [0.717, 1.165) is 0 Å². The minimum atomic E-state index is -7.36. The lowest BCUT2D eigenvalue weighted by molar-refractivity contribution is -0.324. The predicted molar refractivity (Wildman–Crippen MR) is 68.8 cm³/mol. The van der Waals surface area contributed by atoms with Gasteiger partial charge < -0.3 is 10.2 Å². The van der Waals surface area contributed by atoms with Crippen LogP contribution in [0.25, 0.3) is 0 Å². The van der Waals surface area contributed by atoms with Crippen LogP contribution in [0, 0.1) is 46.5 Å². The molecule has 0 amide bonds. The van der Waals surface area contributed by atoms with Gasteiger partial charge in [0.05, 0.1) is 11.1 Å². The third-order valence-electron chi connectivity index (χ3n) is 3.96. The molecule has 0 saturated heterocycles. The van der Waals surface area contributed by atoms with Gasteiger partial charge in [-0.15, -0.1) is 0 Å². The standard InChI is InChI=1S/C15H2F14O2/c16-3-1(11(30)9(22)7(20)5(3)18)13(24,14(25,26)15(27,28)29)2-4(17)6(19)8(21)10(23)12(2)31/h30-31H. The Bertz CT molecular complexity index is 947. The van der Waals surface area contributed by atoms with E-state index >= 15 is 4.39 Å². The lowest BCUT2D eigenvalue weighted by Gasteiger charge is -2.36. The van der Waals surface area contributed by atoms with Crippen LogP contribution in [-0.2, 0) is 5.67 Å². The predicted octanol–water partition coefficient (Wildman–Crippen LogP) is 5.62. The molecule has 2 rings (SSSR count). The van der Waals surface area contributed by atoms with Crippen LogP contribution in [0.5, 0.6) is 11.5 Å². The number of hydrogen-bond donors (Lipinski definition) is 2. The fraction of sp³-hybridized carbons (Fsp3) is 0.200. The second-order valence-corrected chi connectivity index (χ2v) is 5.69. The summed E-state index contributed by atoms with van der Waals surface area (Å²) in [5.41, 5.74) is -13.7. The summed E-state index contributed by atoms with van der Waals surface area (Å²) in [6.45, 7) is 0. The van der Waals surface area contributed by atoms with E-state index in [-0.39, 0.29) is 0 Å². The van der Waals surface area contributed by atoms with E-state index in [1.807, 2.05) is 0 Å². The molecule has 2 aromatic carbocycles. The molecule has 172 valence electrons. The lowest BCUT2D eigenvalue weighted by atomic mass is 9.80. The van der Waals surface area contributed by atoms with E-state index in [9.17, 15) is 67.3 Å². The molecule has 16 heteroatoms. The molecular formula is C15H2F14O2. The van der Waals surface area contributed by atoms with E-state index < -0.39 is 86.9 Å². The van der Waals surface area contributed by atoms with Gasteiger partial charge in [-0.2, -0.15) is 30.7 Å². The highest BCUT2D eigenvalue weighted by Gasteiger charge is 2.76. The molecule has 0 aliphatic rings. The first-order chi connectivity index (χ1) is 13.9. The molecule has 0 spiro atoms. The lowest BCUT2D eigenvalue weighted by Crippen LogP contribution is -2.54.